The van der Waals surface area contributed by atoms with Gasteiger partial charge in [-0.3, -0.25) is 0 Å². The monoisotopic (exact) mass is 397 g/mol. The highest BCUT2D eigenvalue weighted by molar-refractivity contribution is 7.88. The Morgan fingerprint density at radius 3 is 2.39 bits per heavy atom. The van der Waals surface area contributed by atoms with Crippen molar-refractivity contribution in [3.8, 4) is 6.07 Å². The molecule has 7 nitrogen and oxygen atoms in total. The van der Waals surface area contributed by atoms with Crippen molar-refractivity contribution in [2.75, 3.05) is 0 Å². The van der Waals surface area contributed by atoms with Crippen LogP contribution in [0.2, 0.25) is 0 Å². The maximum absolute atomic E-state index is 11.2. The molecule has 3 rings (SSSR count). The number of aromatic nitrogens is 3. The van der Waals surface area contributed by atoms with E-state index in [1.54, 1.807) is 18.3 Å². The van der Waals surface area contributed by atoms with E-state index >= 15 is 0 Å². The highest BCUT2D eigenvalue weighted by atomic mass is 32.2. The summed E-state index contributed by atoms with van der Waals surface area (Å²) in [6.45, 7) is 7.20. The number of rotatable bonds is 5. The summed E-state index contributed by atoms with van der Waals surface area (Å²) in [6, 6.07) is 11.4. The number of fused-ring (bicyclic) bond motifs is 1. The molecule has 2 aromatic heterocycles. The molecule has 1 aromatic carbocycles. The summed E-state index contributed by atoms with van der Waals surface area (Å²) >= 11 is 0. The molecule has 0 radical (unpaired) electrons. The van der Waals surface area contributed by atoms with Crippen LogP contribution in [0.5, 0.6) is 0 Å². The van der Waals surface area contributed by atoms with Gasteiger partial charge < -0.3 is 4.57 Å². The molecule has 0 aliphatic rings. The van der Waals surface area contributed by atoms with Gasteiger partial charge in [-0.05, 0) is 22.6 Å². The van der Waals surface area contributed by atoms with E-state index in [0.29, 0.717) is 12.0 Å². The van der Waals surface area contributed by atoms with Crippen LogP contribution in [0.4, 0.5) is 0 Å². The van der Waals surface area contributed by atoms with E-state index in [-0.39, 0.29) is 17.0 Å². The Morgan fingerprint density at radius 2 is 1.82 bits per heavy atom. The number of nitriles is 1. The van der Waals surface area contributed by atoms with E-state index in [0.717, 1.165) is 28.8 Å². The van der Waals surface area contributed by atoms with Gasteiger partial charge in [-0.2, -0.15) is 5.26 Å². The van der Waals surface area contributed by atoms with Crippen LogP contribution in [0.15, 0.2) is 36.5 Å². The van der Waals surface area contributed by atoms with Crippen molar-refractivity contribution in [2.45, 2.75) is 39.5 Å². The number of hydrogen-bond acceptors (Lipinski definition) is 5. The van der Waals surface area contributed by atoms with Crippen LogP contribution in [0.25, 0.3) is 11.0 Å². The van der Waals surface area contributed by atoms with Gasteiger partial charge in [-0.1, -0.05) is 45.0 Å². The van der Waals surface area contributed by atoms with Crippen molar-refractivity contribution < 1.29 is 8.42 Å². The fourth-order valence-electron chi connectivity index (χ4n) is 3.14. The number of primary sulfonamides is 1. The molecule has 2 N–H and O–H groups in total. The number of nitrogens with two attached hydrogens (primary N) is 1. The summed E-state index contributed by atoms with van der Waals surface area (Å²) in [5.74, 6) is -0.0240. The molecule has 28 heavy (non-hydrogen) atoms. The van der Waals surface area contributed by atoms with Crippen LogP contribution in [0, 0.1) is 16.7 Å². The number of benzene rings is 1. The first-order chi connectivity index (χ1) is 13.0. The number of nitrogens with zero attached hydrogens (tertiary/aromatic N) is 4. The van der Waals surface area contributed by atoms with Crippen molar-refractivity contribution >= 4 is 21.1 Å². The summed E-state index contributed by atoms with van der Waals surface area (Å²) < 4.78 is 24.6. The summed E-state index contributed by atoms with van der Waals surface area (Å²) in [6.07, 6.45) is 2.34. The van der Waals surface area contributed by atoms with Crippen LogP contribution in [0.1, 0.15) is 43.4 Å². The molecule has 8 heteroatoms. The lowest BCUT2D eigenvalue weighted by molar-refractivity contribution is 0.344. The van der Waals surface area contributed by atoms with Gasteiger partial charge in [0.1, 0.15) is 11.7 Å². The summed E-state index contributed by atoms with van der Waals surface area (Å²) in [5, 5.41) is 15.1. The second-order valence-corrected chi connectivity index (χ2v) is 9.78. The maximum Gasteiger partial charge on any atom is 0.234 e. The Labute approximate surface area is 164 Å². The molecule has 2 heterocycles. The van der Waals surface area contributed by atoms with E-state index < -0.39 is 10.0 Å². The Hall–Kier alpha value is -2.76. The Morgan fingerprint density at radius 1 is 1.18 bits per heavy atom. The quantitative estimate of drug-likeness (QED) is 0.711. The van der Waals surface area contributed by atoms with E-state index in [1.807, 2.05) is 24.3 Å². The summed E-state index contributed by atoms with van der Waals surface area (Å²) in [7, 11) is -3.55. The van der Waals surface area contributed by atoms with Gasteiger partial charge in [0.05, 0.1) is 5.75 Å². The van der Waals surface area contributed by atoms with E-state index in [2.05, 4.69) is 35.3 Å². The molecule has 0 saturated carbocycles. The molecule has 0 amide bonds. The van der Waals surface area contributed by atoms with Gasteiger partial charge in [-0.15, -0.1) is 0 Å². The first kappa shape index (κ1) is 20.0. The van der Waals surface area contributed by atoms with E-state index in [9.17, 15) is 8.42 Å². The molecule has 0 fully saturated rings. The minimum absolute atomic E-state index is 0.0256. The Kier molecular flexibility index (Phi) is 5.24. The highest BCUT2D eigenvalue weighted by Crippen LogP contribution is 2.26. The normalized spacial score (nSPS) is 12.2. The zero-order chi connectivity index (χ0) is 20.5. The molecule has 0 atom stereocenters. The summed E-state index contributed by atoms with van der Waals surface area (Å²) in [5.41, 5.74) is 3.55. The molecule has 3 aromatic rings. The van der Waals surface area contributed by atoms with Crippen molar-refractivity contribution in [1.29, 1.82) is 5.26 Å². The first-order valence-electron chi connectivity index (χ1n) is 8.88. The highest BCUT2D eigenvalue weighted by Gasteiger charge is 2.18. The predicted molar refractivity (Wildman–Crippen MR) is 108 cm³/mol. The largest absolute Gasteiger partial charge is 0.329 e. The van der Waals surface area contributed by atoms with Crippen LogP contribution < -0.4 is 5.14 Å². The molecule has 0 saturated heterocycles. The average molecular weight is 398 g/mol. The standard InChI is InChI=1S/C20H23N5O2S/c1-20(2,3)13-25-17(9-16-11-23-18(10-21)24-19(16)25)8-14-4-6-15(7-5-14)12-28(22,26)27/h4-7,9,11H,8,12-13H2,1-3H3,(H2,22,26,27). The van der Waals surface area contributed by atoms with Gasteiger partial charge >= 0.3 is 0 Å². The third-order valence-corrected chi connectivity index (χ3v) is 4.96. The van der Waals surface area contributed by atoms with Crippen LogP contribution >= 0.6 is 0 Å². The predicted octanol–water partition coefficient (Wildman–Crippen LogP) is 2.73. The molecule has 146 valence electrons. The lowest BCUT2D eigenvalue weighted by atomic mass is 9.96. The Bertz CT molecular complexity index is 1150. The van der Waals surface area contributed by atoms with Crippen molar-refractivity contribution in [1.82, 2.24) is 14.5 Å². The lowest BCUT2D eigenvalue weighted by Gasteiger charge is -2.21. The van der Waals surface area contributed by atoms with Gasteiger partial charge in [-0.25, -0.2) is 23.5 Å². The minimum Gasteiger partial charge on any atom is -0.329 e. The van der Waals surface area contributed by atoms with Gasteiger partial charge in [0.15, 0.2) is 0 Å². The summed E-state index contributed by atoms with van der Waals surface area (Å²) in [4.78, 5) is 8.48. The third-order valence-electron chi connectivity index (χ3n) is 4.23. The number of sulfonamides is 1. The van der Waals surface area contributed by atoms with E-state index in [4.69, 9.17) is 10.4 Å². The van der Waals surface area contributed by atoms with Gasteiger partial charge in [0.25, 0.3) is 0 Å². The topological polar surface area (TPSA) is 115 Å². The molecule has 0 spiro atoms. The molecule has 0 unspecified atom stereocenters. The smallest absolute Gasteiger partial charge is 0.234 e. The fraction of sp³-hybridized carbons (Fsp3) is 0.350. The van der Waals surface area contributed by atoms with E-state index in [1.165, 1.54) is 0 Å². The molecular formula is C20H23N5O2S. The zero-order valence-electron chi connectivity index (χ0n) is 16.2. The number of hydrogen-bond donors (Lipinski definition) is 1. The minimum atomic E-state index is -3.55. The molecule has 0 aliphatic carbocycles. The van der Waals surface area contributed by atoms with Crippen LogP contribution in [-0.4, -0.2) is 23.0 Å². The van der Waals surface area contributed by atoms with Gasteiger partial charge in [0.2, 0.25) is 15.8 Å². The zero-order valence-corrected chi connectivity index (χ0v) is 17.0. The SMILES string of the molecule is CC(C)(C)Cn1c(Cc2ccc(CS(N)(=O)=O)cc2)cc2cnc(C#N)nc21. The van der Waals surface area contributed by atoms with Gasteiger partial charge in [0, 0.05) is 30.2 Å². The average Bonchev–Trinajstić information content (AvgIpc) is 2.90. The van der Waals surface area contributed by atoms with Crippen molar-refractivity contribution in [3.05, 3.63) is 59.2 Å². The Balaban J connectivity index is 1.98. The molecule has 0 bridgehead atoms. The second-order valence-electron chi connectivity index (χ2n) is 8.17. The van der Waals surface area contributed by atoms with Crippen LogP contribution in [-0.2, 0) is 28.7 Å². The van der Waals surface area contributed by atoms with Crippen molar-refractivity contribution in [3.63, 3.8) is 0 Å². The second kappa shape index (κ2) is 7.34. The lowest BCUT2D eigenvalue weighted by Crippen LogP contribution is -2.18. The molecular weight excluding hydrogens is 374 g/mol. The van der Waals surface area contributed by atoms with Crippen LogP contribution in [0.3, 0.4) is 0 Å². The fourth-order valence-corrected chi connectivity index (χ4v) is 3.80. The van der Waals surface area contributed by atoms with Crippen molar-refractivity contribution in [2.24, 2.45) is 10.6 Å². The molecule has 0 aliphatic heterocycles. The third kappa shape index (κ3) is 4.94. The first-order valence-corrected chi connectivity index (χ1v) is 10.6. The maximum atomic E-state index is 11.2.